The van der Waals surface area contributed by atoms with E-state index < -0.39 is 0 Å². The molecule has 0 bridgehead atoms. The minimum absolute atomic E-state index is 0.977. The zero-order valence-corrected chi connectivity index (χ0v) is 11.3. The first-order chi connectivity index (χ1) is 9.43. The standard InChI is InChI=1S/C17H20N2/c1-3-8-15(9-4-1)16-10-7-11-18-17(16)14-19-12-5-2-6-13-19/h1,3-4,7-11H,2,5-6,12-14H2. The van der Waals surface area contributed by atoms with Gasteiger partial charge < -0.3 is 0 Å². The van der Waals surface area contributed by atoms with Crippen LogP contribution in [0.15, 0.2) is 48.7 Å². The highest BCUT2D eigenvalue weighted by Gasteiger charge is 2.13. The molecule has 19 heavy (non-hydrogen) atoms. The van der Waals surface area contributed by atoms with Crippen LogP contribution in [0.3, 0.4) is 0 Å². The summed E-state index contributed by atoms with van der Waals surface area (Å²) in [5.41, 5.74) is 3.74. The number of likely N-dealkylation sites (tertiary alicyclic amines) is 1. The molecule has 1 fully saturated rings. The maximum absolute atomic E-state index is 4.61. The Balaban J connectivity index is 1.85. The maximum atomic E-state index is 4.61. The fraction of sp³-hybridized carbons (Fsp3) is 0.353. The van der Waals surface area contributed by atoms with Crippen LogP contribution in [0.1, 0.15) is 25.0 Å². The summed E-state index contributed by atoms with van der Waals surface area (Å²) in [6.45, 7) is 3.40. The third-order valence-corrected chi connectivity index (χ3v) is 3.80. The zero-order valence-electron chi connectivity index (χ0n) is 11.3. The molecule has 1 saturated heterocycles. The molecule has 0 radical (unpaired) electrons. The average molecular weight is 252 g/mol. The Morgan fingerprint density at radius 1 is 0.895 bits per heavy atom. The van der Waals surface area contributed by atoms with Crippen molar-refractivity contribution in [1.82, 2.24) is 9.88 Å². The molecule has 98 valence electrons. The first-order valence-electron chi connectivity index (χ1n) is 7.15. The predicted molar refractivity (Wildman–Crippen MR) is 78.8 cm³/mol. The van der Waals surface area contributed by atoms with Crippen molar-refractivity contribution in [3.63, 3.8) is 0 Å². The summed E-state index contributed by atoms with van der Waals surface area (Å²) >= 11 is 0. The van der Waals surface area contributed by atoms with Gasteiger partial charge in [-0.3, -0.25) is 9.88 Å². The smallest absolute Gasteiger partial charge is 0.0622 e. The van der Waals surface area contributed by atoms with Gasteiger partial charge in [0.1, 0.15) is 0 Å². The van der Waals surface area contributed by atoms with E-state index in [0.29, 0.717) is 0 Å². The molecule has 0 N–H and O–H groups in total. The van der Waals surface area contributed by atoms with Crippen LogP contribution in [0.2, 0.25) is 0 Å². The predicted octanol–water partition coefficient (Wildman–Crippen LogP) is 3.73. The second kappa shape index (κ2) is 5.98. The molecule has 0 aliphatic carbocycles. The van der Waals surface area contributed by atoms with Gasteiger partial charge in [0.15, 0.2) is 0 Å². The Labute approximate surface area is 115 Å². The van der Waals surface area contributed by atoms with Crippen LogP contribution in [-0.2, 0) is 6.54 Å². The summed E-state index contributed by atoms with van der Waals surface area (Å²) in [4.78, 5) is 7.13. The largest absolute Gasteiger partial charge is 0.297 e. The lowest BCUT2D eigenvalue weighted by Crippen LogP contribution is -2.29. The second-order valence-electron chi connectivity index (χ2n) is 5.20. The molecule has 2 heterocycles. The lowest BCUT2D eigenvalue weighted by molar-refractivity contribution is 0.219. The van der Waals surface area contributed by atoms with E-state index in [2.05, 4.69) is 46.3 Å². The first-order valence-corrected chi connectivity index (χ1v) is 7.15. The van der Waals surface area contributed by atoms with Gasteiger partial charge in [-0.25, -0.2) is 0 Å². The lowest BCUT2D eigenvalue weighted by Gasteiger charge is -2.26. The van der Waals surface area contributed by atoms with Crippen molar-refractivity contribution in [2.24, 2.45) is 0 Å². The molecule has 3 rings (SSSR count). The molecule has 1 aliphatic rings. The van der Waals surface area contributed by atoms with E-state index in [0.717, 1.165) is 6.54 Å². The summed E-state index contributed by atoms with van der Waals surface area (Å²) in [7, 11) is 0. The van der Waals surface area contributed by atoms with Crippen molar-refractivity contribution in [2.75, 3.05) is 13.1 Å². The normalized spacial score (nSPS) is 16.4. The molecule has 2 heteroatoms. The summed E-state index contributed by atoms with van der Waals surface area (Å²) in [5.74, 6) is 0. The van der Waals surface area contributed by atoms with Crippen LogP contribution in [0.25, 0.3) is 11.1 Å². The van der Waals surface area contributed by atoms with Gasteiger partial charge in [0.25, 0.3) is 0 Å². The quantitative estimate of drug-likeness (QED) is 0.827. The average Bonchev–Trinajstić information content (AvgIpc) is 2.50. The van der Waals surface area contributed by atoms with Crippen molar-refractivity contribution < 1.29 is 0 Å². The molecule has 0 unspecified atom stereocenters. The zero-order chi connectivity index (χ0) is 12.9. The third-order valence-electron chi connectivity index (χ3n) is 3.80. The van der Waals surface area contributed by atoms with E-state index in [1.54, 1.807) is 0 Å². The second-order valence-corrected chi connectivity index (χ2v) is 5.20. The highest BCUT2D eigenvalue weighted by atomic mass is 15.1. The minimum Gasteiger partial charge on any atom is -0.297 e. The van der Waals surface area contributed by atoms with Crippen LogP contribution in [0.4, 0.5) is 0 Å². The summed E-state index contributed by atoms with van der Waals surface area (Å²) in [6, 6.07) is 14.8. The van der Waals surface area contributed by atoms with Crippen molar-refractivity contribution in [3.8, 4) is 11.1 Å². The molecule has 0 spiro atoms. The van der Waals surface area contributed by atoms with Crippen LogP contribution >= 0.6 is 0 Å². The summed E-state index contributed by atoms with van der Waals surface area (Å²) < 4.78 is 0. The number of benzene rings is 1. The van der Waals surface area contributed by atoms with Gasteiger partial charge in [0.2, 0.25) is 0 Å². The van der Waals surface area contributed by atoms with Gasteiger partial charge in [-0.1, -0.05) is 42.8 Å². The fourth-order valence-corrected chi connectivity index (χ4v) is 2.77. The van der Waals surface area contributed by atoms with Crippen molar-refractivity contribution >= 4 is 0 Å². The highest BCUT2D eigenvalue weighted by molar-refractivity contribution is 5.65. The number of aromatic nitrogens is 1. The number of pyridine rings is 1. The Morgan fingerprint density at radius 3 is 2.47 bits per heavy atom. The summed E-state index contributed by atoms with van der Waals surface area (Å²) in [5, 5.41) is 0. The number of rotatable bonds is 3. The van der Waals surface area contributed by atoms with Crippen molar-refractivity contribution in [2.45, 2.75) is 25.8 Å². The first kappa shape index (κ1) is 12.4. The Hall–Kier alpha value is -1.67. The van der Waals surface area contributed by atoms with E-state index in [-0.39, 0.29) is 0 Å². The SMILES string of the molecule is c1ccc(-c2cccnc2CN2CCCCC2)cc1. The van der Waals surface area contributed by atoms with Gasteiger partial charge in [-0.2, -0.15) is 0 Å². The molecule has 0 atom stereocenters. The van der Waals surface area contributed by atoms with Crippen molar-refractivity contribution in [1.29, 1.82) is 0 Å². The molecular formula is C17H20N2. The van der Waals surface area contributed by atoms with Gasteiger partial charge in [0.05, 0.1) is 5.69 Å². The number of hydrogen-bond donors (Lipinski definition) is 0. The molecule has 1 aliphatic heterocycles. The van der Waals surface area contributed by atoms with E-state index in [1.807, 2.05) is 12.3 Å². The molecular weight excluding hydrogens is 232 g/mol. The fourth-order valence-electron chi connectivity index (χ4n) is 2.77. The highest BCUT2D eigenvalue weighted by Crippen LogP contribution is 2.23. The third kappa shape index (κ3) is 3.02. The molecule has 1 aromatic heterocycles. The maximum Gasteiger partial charge on any atom is 0.0622 e. The van der Waals surface area contributed by atoms with E-state index in [4.69, 9.17) is 0 Å². The topological polar surface area (TPSA) is 16.1 Å². The van der Waals surface area contributed by atoms with Gasteiger partial charge in [-0.05, 0) is 37.6 Å². The van der Waals surface area contributed by atoms with E-state index in [9.17, 15) is 0 Å². The molecule has 1 aromatic carbocycles. The van der Waals surface area contributed by atoms with Gasteiger partial charge in [-0.15, -0.1) is 0 Å². The minimum atomic E-state index is 0.977. The van der Waals surface area contributed by atoms with E-state index >= 15 is 0 Å². The number of nitrogens with zero attached hydrogens (tertiary/aromatic N) is 2. The van der Waals surface area contributed by atoms with Gasteiger partial charge in [0, 0.05) is 18.3 Å². The Bertz CT molecular complexity index is 516. The monoisotopic (exact) mass is 252 g/mol. The van der Waals surface area contributed by atoms with Crippen molar-refractivity contribution in [3.05, 3.63) is 54.4 Å². The van der Waals surface area contributed by atoms with Crippen LogP contribution in [0.5, 0.6) is 0 Å². The Morgan fingerprint density at radius 2 is 1.68 bits per heavy atom. The van der Waals surface area contributed by atoms with E-state index in [1.165, 1.54) is 49.2 Å². The van der Waals surface area contributed by atoms with Gasteiger partial charge >= 0.3 is 0 Å². The molecule has 0 saturated carbocycles. The molecule has 0 amide bonds. The van der Waals surface area contributed by atoms with Crippen LogP contribution < -0.4 is 0 Å². The van der Waals surface area contributed by atoms with Crippen LogP contribution in [-0.4, -0.2) is 23.0 Å². The Kier molecular flexibility index (Phi) is 3.89. The number of piperidine rings is 1. The molecule has 2 nitrogen and oxygen atoms in total. The lowest BCUT2D eigenvalue weighted by atomic mass is 10.0. The summed E-state index contributed by atoms with van der Waals surface area (Å²) in [6.07, 6.45) is 5.94. The van der Waals surface area contributed by atoms with Crippen LogP contribution in [0, 0.1) is 0 Å². The number of hydrogen-bond acceptors (Lipinski definition) is 2. The molecule has 2 aromatic rings.